The molecule has 11 heteroatoms. The Morgan fingerprint density at radius 2 is 0.662 bits per heavy atom. The van der Waals surface area contributed by atoms with Crippen molar-refractivity contribution < 1.29 is 42.9 Å². The first-order chi connectivity index (χ1) is 33.3. The molecule has 0 N–H and O–H groups in total. The van der Waals surface area contributed by atoms with Crippen LogP contribution in [-0.2, 0) is 29.3 Å². The van der Waals surface area contributed by atoms with Crippen LogP contribution >= 0.6 is 23.5 Å². The molecule has 0 bridgehead atoms. The van der Waals surface area contributed by atoms with Crippen LogP contribution < -0.4 is 0 Å². The summed E-state index contributed by atoms with van der Waals surface area (Å²) in [7, 11) is 0. The molecule has 4 atom stereocenters. The summed E-state index contributed by atoms with van der Waals surface area (Å²) in [5.74, 6) is -1.91. The van der Waals surface area contributed by atoms with Gasteiger partial charge in [0, 0.05) is 0 Å². The monoisotopic (exact) mass is 944 g/mol. The van der Waals surface area contributed by atoms with E-state index >= 15 is 0 Å². The third-order valence-corrected chi connectivity index (χ3v) is 13.7. The Morgan fingerprint density at radius 3 is 0.985 bits per heavy atom. The minimum absolute atomic E-state index is 0.173. The van der Waals surface area contributed by atoms with E-state index in [0.29, 0.717) is 11.5 Å². The summed E-state index contributed by atoms with van der Waals surface area (Å²) in [6, 6.07) is 62.5. The van der Waals surface area contributed by atoms with E-state index in [1.54, 1.807) is 121 Å². The Balaban J connectivity index is 1.46. The van der Waals surface area contributed by atoms with Crippen molar-refractivity contribution in [1.29, 1.82) is 0 Å². The van der Waals surface area contributed by atoms with E-state index in [-0.39, 0.29) is 22.3 Å². The maximum atomic E-state index is 14.7. The number of ether oxygens (including phenoxy) is 5. The third-order valence-electron chi connectivity index (χ3n) is 11.0. The molecule has 0 fully saturated rings. The highest BCUT2D eigenvalue weighted by Gasteiger charge is 2.49. The highest BCUT2D eigenvalue weighted by atomic mass is 32.2. The maximum absolute atomic E-state index is 14.7. The fraction of sp³-hybridized carbons (Fsp3) is 0.193. The number of benzene rings is 7. The molecule has 0 aliphatic carbocycles. The van der Waals surface area contributed by atoms with Gasteiger partial charge in [0.1, 0.15) is 5.60 Å². The van der Waals surface area contributed by atoms with Gasteiger partial charge in [-0.15, -0.1) is 23.5 Å². The molecule has 9 nitrogen and oxygen atoms in total. The number of hydrogen-bond donors (Lipinski definition) is 0. The lowest BCUT2D eigenvalue weighted by Crippen LogP contribution is -2.56. The zero-order chi connectivity index (χ0) is 47.6. The summed E-state index contributed by atoms with van der Waals surface area (Å²) in [5.41, 5.74) is 1.73. The van der Waals surface area contributed by atoms with Gasteiger partial charge in [0.05, 0.1) is 33.4 Å². The van der Waals surface area contributed by atoms with Gasteiger partial charge in [-0.3, -0.25) is 0 Å². The molecule has 0 radical (unpaired) electrons. The second-order valence-electron chi connectivity index (χ2n) is 15.4. The molecular formula is C57H52O9S2. The minimum atomic E-state index is -1.67. The lowest BCUT2D eigenvalue weighted by molar-refractivity contribution is -0.142. The fourth-order valence-electron chi connectivity index (χ4n) is 7.77. The number of hydrogen-bond acceptors (Lipinski definition) is 11. The van der Waals surface area contributed by atoms with Gasteiger partial charge in [-0.25, -0.2) is 19.2 Å². The first kappa shape index (κ1) is 49.0. The van der Waals surface area contributed by atoms with Crippen molar-refractivity contribution >= 4 is 47.4 Å². The SMILES string of the molecule is CCSC(SCC)[C@@H](OC(=O)c1ccccc1)[C@@H](OC(=O)c1ccccc1)[C@H](OC(=O)c1ccccc1)[C@@H](COC(c1ccccc1)(c1ccccc1)c1ccccc1)OC(=O)c1ccccc1. The largest absolute Gasteiger partial charge is 0.453 e. The lowest BCUT2D eigenvalue weighted by atomic mass is 9.80. The van der Waals surface area contributed by atoms with E-state index in [4.69, 9.17) is 23.7 Å². The van der Waals surface area contributed by atoms with E-state index in [1.165, 1.54) is 23.5 Å². The molecule has 0 amide bonds. The first-order valence-electron chi connectivity index (χ1n) is 22.4. The van der Waals surface area contributed by atoms with Gasteiger partial charge in [-0.1, -0.05) is 178 Å². The molecule has 346 valence electrons. The van der Waals surface area contributed by atoms with E-state index in [2.05, 4.69) is 0 Å². The number of carbonyl (C=O) groups excluding carboxylic acids is 4. The smallest absolute Gasteiger partial charge is 0.338 e. The number of carbonyl (C=O) groups is 4. The predicted molar refractivity (Wildman–Crippen MR) is 268 cm³/mol. The molecule has 0 spiro atoms. The Labute approximate surface area is 406 Å². The standard InChI is InChI=1S/C57H52O9S2/c1-3-67-56(68-4-2)51(66-55(61)44-32-18-8-19-33-44)50(65-54(60)43-30-16-7-17-31-43)49(64-53(59)42-28-14-6-15-29-42)48(63-52(58)41-26-12-5-13-27-41)40-62-57(45-34-20-9-21-35-45,46-36-22-10-23-37-46)47-38-24-11-25-39-47/h5-39,48-51,56H,3-4,40H2,1-2H3/t48-,49-,50+,51+/m1/s1. The average Bonchev–Trinajstić information content (AvgIpc) is 3.40. The van der Waals surface area contributed by atoms with Gasteiger partial charge in [0.15, 0.2) is 24.4 Å². The van der Waals surface area contributed by atoms with Crippen molar-refractivity contribution in [1.82, 2.24) is 0 Å². The Morgan fingerprint density at radius 1 is 0.382 bits per heavy atom. The van der Waals surface area contributed by atoms with Crippen LogP contribution in [0.25, 0.3) is 0 Å². The van der Waals surface area contributed by atoms with Crippen LogP contribution in [0, 0.1) is 0 Å². The molecular weight excluding hydrogens is 893 g/mol. The molecule has 7 rings (SSSR count). The van der Waals surface area contributed by atoms with E-state index in [0.717, 1.165) is 16.7 Å². The molecule has 0 saturated heterocycles. The zero-order valence-corrected chi connectivity index (χ0v) is 39.3. The predicted octanol–water partition coefficient (Wildman–Crippen LogP) is 11.7. The Bertz CT molecular complexity index is 2540. The minimum Gasteiger partial charge on any atom is -0.453 e. The molecule has 7 aromatic carbocycles. The Kier molecular flexibility index (Phi) is 17.8. The molecule has 0 heterocycles. The fourth-order valence-corrected chi connectivity index (χ4v) is 10.4. The van der Waals surface area contributed by atoms with Crippen molar-refractivity contribution in [3.05, 3.63) is 251 Å². The van der Waals surface area contributed by atoms with Gasteiger partial charge in [-0.05, 0) is 76.7 Å². The summed E-state index contributed by atoms with van der Waals surface area (Å²) in [6.07, 6.45) is -6.12. The molecule has 0 aliphatic heterocycles. The Hall–Kier alpha value is -6.92. The molecule has 0 unspecified atom stereocenters. The topological polar surface area (TPSA) is 114 Å². The first-order valence-corrected chi connectivity index (χ1v) is 24.5. The molecule has 68 heavy (non-hydrogen) atoms. The molecule has 0 saturated carbocycles. The van der Waals surface area contributed by atoms with Crippen LogP contribution in [0.2, 0.25) is 0 Å². The highest BCUT2D eigenvalue weighted by molar-refractivity contribution is 8.17. The van der Waals surface area contributed by atoms with E-state index in [9.17, 15) is 19.2 Å². The summed E-state index contributed by atoms with van der Waals surface area (Å²) in [6.45, 7) is 3.50. The van der Waals surface area contributed by atoms with E-state index in [1.807, 2.05) is 105 Å². The summed E-state index contributed by atoms with van der Waals surface area (Å²) >= 11 is 2.95. The van der Waals surface area contributed by atoms with Gasteiger partial charge in [0.2, 0.25) is 0 Å². The van der Waals surface area contributed by atoms with E-state index < -0.39 is 65.1 Å². The number of esters is 4. The van der Waals surface area contributed by atoms with Gasteiger partial charge in [-0.2, -0.15) is 0 Å². The molecule has 0 aromatic heterocycles. The van der Waals surface area contributed by atoms with Crippen molar-refractivity contribution in [2.75, 3.05) is 18.1 Å². The summed E-state index contributed by atoms with van der Waals surface area (Å²) in [4.78, 5) is 58.2. The maximum Gasteiger partial charge on any atom is 0.338 e. The lowest BCUT2D eigenvalue weighted by Gasteiger charge is -2.41. The third kappa shape index (κ3) is 12.3. The van der Waals surface area contributed by atoms with Crippen LogP contribution in [0.15, 0.2) is 212 Å². The van der Waals surface area contributed by atoms with Crippen LogP contribution in [0.5, 0.6) is 0 Å². The summed E-state index contributed by atoms with van der Waals surface area (Å²) < 4.78 is 33.1. The van der Waals surface area contributed by atoms with Gasteiger partial charge in [0.25, 0.3) is 0 Å². The highest BCUT2D eigenvalue weighted by Crippen LogP contribution is 2.42. The second kappa shape index (κ2) is 24.7. The summed E-state index contributed by atoms with van der Waals surface area (Å²) in [5, 5.41) is 0. The molecule has 0 aliphatic rings. The van der Waals surface area contributed by atoms with Gasteiger partial charge >= 0.3 is 23.9 Å². The normalized spacial score (nSPS) is 13.0. The van der Waals surface area contributed by atoms with Crippen molar-refractivity contribution in [3.63, 3.8) is 0 Å². The quantitative estimate of drug-likeness (QED) is 0.0280. The van der Waals surface area contributed by atoms with Crippen molar-refractivity contribution in [2.24, 2.45) is 0 Å². The van der Waals surface area contributed by atoms with Gasteiger partial charge < -0.3 is 23.7 Å². The van der Waals surface area contributed by atoms with Crippen LogP contribution in [-0.4, -0.2) is 71.0 Å². The van der Waals surface area contributed by atoms with Crippen LogP contribution in [0.4, 0.5) is 0 Å². The average molecular weight is 945 g/mol. The number of rotatable bonds is 22. The second-order valence-corrected chi connectivity index (χ2v) is 18.5. The van der Waals surface area contributed by atoms with Crippen LogP contribution in [0.1, 0.15) is 72.0 Å². The zero-order valence-electron chi connectivity index (χ0n) is 37.7. The van der Waals surface area contributed by atoms with Crippen molar-refractivity contribution in [2.45, 2.75) is 48.4 Å². The van der Waals surface area contributed by atoms with Crippen LogP contribution in [0.3, 0.4) is 0 Å². The molecule has 7 aromatic rings. The number of thioether (sulfide) groups is 2. The van der Waals surface area contributed by atoms with Crippen molar-refractivity contribution in [3.8, 4) is 0 Å².